The first-order valence-corrected chi connectivity index (χ1v) is 8.90. The van der Waals surface area contributed by atoms with Crippen molar-refractivity contribution in [3.05, 3.63) is 53.3 Å². The van der Waals surface area contributed by atoms with Crippen molar-refractivity contribution in [1.82, 2.24) is 0 Å². The second-order valence-electron chi connectivity index (χ2n) is 4.24. The van der Waals surface area contributed by atoms with Crippen LogP contribution in [0.25, 0.3) is 0 Å². The summed E-state index contributed by atoms with van der Waals surface area (Å²) in [4.78, 5) is 0. The van der Waals surface area contributed by atoms with Gasteiger partial charge in [0.1, 0.15) is 11.5 Å². The van der Waals surface area contributed by atoms with Crippen molar-refractivity contribution in [2.45, 2.75) is 12.8 Å². The van der Waals surface area contributed by atoms with Crippen molar-refractivity contribution in [2.24, 2.45) is 0 Å². The van der Waals surface area contributed by atoms with Gasteiger partial charge in [0.15, 0.2) is 0 Å². The van der Waals surface area contributed by atoms with Crippen LogP contribution in [0.5, 0.6) is 11.5 Å². The Morgan fingerprint density at radius 2 is 1.00 bits per heavy atom. The van der Waals surface area contributed by atoms with Crippen LogP contribution in [0.3, 0.4) is 0 Å². The monoisotopic (exact) mass is 526 g/mol. The maximum absolute atomic E-state index is 9.87. The van der Waals surface area contributed by atoms with E-state index in [4.69, 9.17) is 0 Å². The van der Waals surface area contributed by atoms with Gasteiger partial charge in [-0.25, -0.2) is 0 Å². The topological polar surface area (TPSA) is 40.5 Å². The molecule has 0 aromatic heterocycles. The molecule has 0 aliphatic heterocycles. The van der Waals surface area contributed by atoms with Gasteiger partial charge < -0.3 is 10.2 Å². The first-order valence-electron chi connectivity index (χ1n) is 5.73. The zero-order valence-corrected chi connectivity index (χ0v) is 16.5. The summed E-state index contributed by atoms with van der Waals surface area (Å²) in [7, 11) is 0. The number of phenolic OH excluding ortho intramolecular Hbond substituents is 2. The number of halogens is 4. The van der Waals surface area contributed by atoms with Gasteiger partial charge in [0, 0.05) is 0 Å². The van der Waals surface area contributed by atoms with Crippen LogP contribution in [-0.4, -0.2) is 10.2 Å². The van der Waals surface area contributed by atoms with Crippen LogP contribution in [0, 0.1) is 0 Å². The summed E-state index contributed by atoms with van der Waals surface area (Å²) in [5.41, 5.74) is 2.03. The summed E-state index contributed by atoms with van der Waals surface area (Å²) in [6.45, 7) is 0. The van der Waals surface area contributed by atoms with E-state index in [1.165, 1.54) is 0 Å². The molecule has 0 unspecified atom stereocenters. The van der Waals surface area contributed by atoms with E-state index in [1.807, 2.05) is 24.3 Å². The molecular formula is C14H10Br4O2. The van der Waals surface area contributed by atoms with Gasteiger partial charge >= 0.3 is 0 Å². The van der Waals surface area contributed by atoms with E-state index in [2.05, 4.69) is 63.7 Å². The quantitative estimate of drug-likeness (QED) is 0.517. The molecule has 2 N–H and O–H groups in total. The van der Waals surface area contributed by atoms with Crippen LogP contribution in [-0.2, 0) is 12.8 Å². The molecule has 0 radical (unpaired) electrons. The minimum absolute atomic E-state index is 0.209. The highest BCUT2D eigenvalue weighted by Gasteiger charge is 2.12. The zero-order chi connectivity index (χ0) is 14.9. The molecule has 2 rings (SSSR count). The predicted octanol–water partition coefficient (Wildman–Crippen LogP) is 5.93. The molecule has 0 bridgehead atoms. The minimum Gasteiger partial charge on any atom is -0.506 e. The fourth-order valence-electron chi connectivity index (χ4n) is 1.82. The Kier molecular flexibility index (Phi) is 5.56. The maximum Gasteiger partial charge on any atom is 0.144 e. The van der Waals surface area contributed by atoms with E-state index in [-0.39, 0.29) is 11.5 Å². The number of aromatic hydroxyl groups is 2. The molecule has 0 heterocycles. The smallest absolute Gasteiger partial charge is 0.144 e. The number of aryl methyl sites for hydroxylation is 2. The van der Waals surface area contributed by atoms with Gasteiger partial charge in [-0.15, -0.1) is 0 Å². The fraction of sp³-hybridized carbons (Fsp3) is 0.143. The van der Waals surface area contributed by atoms with Crippen molar-refractivity contribution in [1.29, 1.82) is 0 Å². The molecule has 0 atom stereocenters. The normalized spacial score (nSPS) is 10.8. The number of hydrogen-bond acceptors (Lipinski definition) is 2. The van der Waals surface area contributed by atoms with Crippen LogP contribution >= 0.6 is 63.7 Å². The van der Waals surface area contributed by atoms with Gasteiger partial charge in [-0.05, 0) is 99.8 Å². The van der Waals surface area contributed by atoms with Crippen LogP contribution in [0.15, 0.2) is 42.2 Å². The lowest BCUT2D eigenvalue weighted by Gasteiger charge is -2.10. The highest BCUT2D eigenvalue weighted by atomic mass is 79.9. The Morgan fingerprint density at radius 3 is 1.35 bits per heavy atom. The van der Waals surface area contributed by atoms with Gasteiger partial charge in [0.2, 0.25) is 0 Å². The lowest BCUT2D eigenvalue weighted by atomic mass is 10.0. The lowest BCUT2D eigenvalue weighted by Crippen LogP contribution is -1.94. The fourth-order valence-corrected chi connectivity index (χ4v) is 4.10. The van der Waals surface area contributed by atoms with Crippen molar-refractivity contribution < 1.29 is 10.2 Å². The summed E-state index contributed by atoms with van der Waals surface area (Å²) >= 11 is 13.4. The summed E-state index contributed by atoms with van der Waals surface area (Å²) < 4.78 is 2.72. The summed E-state index contributed by atoms with van der Waals surface area (Å²) in [5, 5.41) is 19.7. The third kappa shape index (κ3) is 3.40. The molecular weight excluding hydrogens is 520 g/mol. The molecule has 2 aromatic rings. The second-order valence-corrected chi connectivity index (χ2v) is 7.53. The Bertz CT molecular complexity index is 599. The van der Waals surface area contributed by atoms with E-state index in [0.29, 0.717) is 17.9 Å². The van der Waals surface area contributed by atoms with Gasteiger partial charge in [-0.1, -0.05) is 12.1 Å². The molecule has 2 aromatic carbocycles. The molecule has 20 heavy (non-hydrogen) atoms. The van der Waals surface area contributed by atoms with Gasteiger partial charge in [0.05, 0.1) is 17.9 Å². The van der Waals surface area contributed by atoms with Crippen LogP contribution in [0.1, 0.15) is 11.1 Å². The molecule has 0 amide bonds. The first-order chi connectivity index (χ1) is 9.41. The van der Waals surface area contributed by atoms with Gasteiger partial charge in [-0.2, -0.15) is 0 Å². The van der Waals surface area contributed by atoms with Crippen LogP contribution < -0.4 is 0 Å². The zero-order valence-electron chi connectivity index (χ0n) is 10.1. The van der Waals surface area contributed by atoms with E-state index in [1.54, 1.807) is 0 Å². The third-order valence-corrected chi connectivity index (χ3v) is 6.01. The van der Waals surface area contributed by atoms with Crippen LogP contribution in [0.2, 0.25) is 0 Å². The number of phenols is 2. The Morgan fingerprint density at radius 1 is 0.650 bits per heavy atom. The maximum atomic E-state index is 9.87. The molecule has 0 aliphatic carbocycles. The Balaban J connectivity index is 2.22. The largest absolute Gasteiger partial charge is 0.506 e. The van der Waals surface area contributed by atoms with Crippen molar-refractivity contribution in [3.63, 3.8) is 0 Å². The van der Waals surface area contributed by atoms with E-state index in [0.717, 1.165) is 24.0 Å². The minimum atomic E-state index is 0.209. The third-order valence-electron chi connectivity index (χ3n) is 2.96. The molecule has 2 nitrogen and oxygen atoms in total. The standard InChI is InChI=1S/C14H10Br4O2/c15-9-5-3-7(11(17)13(9)19)1-2-8-4-6-10(16)14(20)12(8)18/h3-6,19-20H,1-2H2. The van der Waals surface area contributed by atoms with E-state index in [9.17, 15) is 10.2 Å². The van der Waals surface area contributed by atoms with E-state index >= 15 is 0 Å². The SMILES string of the molecule is Oc1c(Br)ccc(CCc2ccc(Br)c(O)c2Br)c1Br. The second kappa shape index (κ2) is 6.81. The average Bonchev–Trinajstić information content (AvgIpc) is 2.43. The first kappa shape index (κ1) is 16.3. The Labute approximate surface area is 150 Å². The van der Waals surface area contributed by atoms with E-state index < -0.39 is 0 Å². The van der Waals surface area contributed by atoms with Gasteiger partial charge in [0.25, 0.3) is 0 Å². The van der Waals surface area contributed by atoms with Crippen molar-refractivity contribution >= 4 is 63.7 Å². The summed E-state index contributed by atoms with van der Waals surface area (Å²) in [6, 6.07) is 7.56. The molecule has 0 spiro atoms. The van der Waals surface area contributed by atoms with Crippen molar-refractivity contribution in [3.8, 4) is 11.5 Å². The summed E-state index contributed by atoms with van der Waals surface area (Å²) in [5.74, 6) is 0.417. The number of benzene rings is 2. The highest BCUT2D eigenvalue weighted by molar-refractivity contribution is 9.11. The van der Waals surface area contributed by atoms with Crippen molar-refractivity contribution in [2.75, 3.05) is 0 Å². The molecule has 0 saturated carbocycles. The molecule has 0 fully saturated rings. The van der Waals surface area contributed by atoms with Crippen LogP contribution in [0.4, 0.5) is 0 Å². The van der Waals surface area contributed by atoms with Gasteiger partial charge in [-0.3, -0.25) is 0 Å². The number of rotatable bonds is 3. The molecule has 0 saturated heterocycles. The molecule has 106 valence electrons. The lowest BCUT2D eigenvalue weighted by molar-refractivity contribution is 0.466. The Hall–Kier alpha value is -0.0400. The average molecular weight is 530 g/mol. The molecule has 0 aliphatic rings. The highest BCUT2D eigenvalue weighted by Crippen LogP contribution is 2.37. The predicted molar refractivity (Wildman–Crippen MR) is 94.4 cm³/mol. The number of hydrogen-bond donors (Lipinski definition) is 2. The molecule has 6 heteroatoms. The summed E-state index contributed by atoms with van der Waals surface area (Å²) in [6.07, 6.45) is 1.50.